The zero-order valence-electron chi connectivity index (χ0n) is 10.2. The van der Waals surface area contributed by atoms with Gasteiger partial charge in [-0.3, -0.25) is 9.48 Å². The van der Waals surface area contributed by atoms with E-state index in [4.69, 9.17) is 5.73 Å². The van der Waals surface area contributed by atoms with Crippen LogP contribution in [-0.4, -0.2) is 15.7 Å². The lowest BCUT2D eigenvalue weighted by Crippen LogP contribution is -2.16. The number of nitrogens with zero attached hydrogens (tertiary/aromatic N) is 2. The zero-order chi connectivity index (χ0) is 14.0. The molecule has 1 amide bonds. The average molecular weight is 266 g/mol. The molecule has 0 spiro atoms. The molecule has 7 heteroatoms. The third-order valence-corrected chi connectivity index (χ3v) is 2.53. The molecule has 0 saturated carbocycles. The molecule has 0 atom stereocenters. The summed E-state index contributed by atoms with van der Waals surface area (Å²) in [7, 11) is 0. The van der Waals surface area contributed by atoms with Crippen molar-refractivity contribution in [3.8, 4) is 0 Å². The number of carbonyl (C=O) groups excluding carboxylic acids is 1. The smallest absolute Gasteiger partial charge is 0.278 e. The van der Waals surface area contributed by atoms with Crippen LogP contribution >= 0.6 is 0 Å². The number of benzene rings is 1. The fourth-order valence-corrected chi connectivity index (χ4v) is 1.56. The van der Waals surface area contributed by atoms with Crippen LogP contribution in [0.25, 0.3) is 0 Å². The van der Waals surface area contributed by atoms with E-state index in [1.165, 1.54) is 23.0 Å². The molecule has 100 valence electrons. The molecule has 0 radical (unpaired) electrons. The summed E-state index contributed by atoms with van der Waals surface area (Å²) in [5.74, 6) is -2.84. The first kappa shape index (κ1) is 13.0. The Labute approximate surface area is 108 Å². The van der Waals surface area contributed by atoms with Crippen molar-refractivity contribution in [3.05, 3.63) is 41.7 Å². The lowest BCUT2D eigenvalue weighted by Gasteiger charge is -2.05. The summed E-state index contributed by atoms with van der Waals surface area (Å²) in [6.45, 7) is 2.38. The number of hydrogen-bond acceptors (Lipinski definition) is 3. The molecular formula is C12H12F2N4O. The van der Waals surface area contributed by atoms with Crippen LogP contribution < -0.4 is 11.1 Å². The largest absolute Gasteiger partial charge is 0.396 e. The van der Waals surface area contributed by atoms with Crippen LogP contribution in [0.5, 0.6) is 0 Å². The number of hydrogen-bond donors (Lipinski definition) is 2. The summed E-state index contributed by atoms with van der Waals surface area (Å²) in [4.78, 5) is 11.9. The number of carbonyl (C=O) groups is 1. The van der Waals surface area contributed by atoms with E-state index in [9.17, 15) is 13.6 Å². The number of amides is 1. The van der Waals surface area contributed by atoms with E-state index in [1.807, 2.05) is 6.92 Å². The number of aryl methyl sites for hydroxylation is 1. The van der Waals surface area contributed by atoms with Crippen molar-refractivity contribution in [2.75, 3.05) is 11.1 Å². The van der Waals surface area contributed by atoms with E-state index in [-0.39, 0.29) is 17.1 Å². The minimum atomic E-state index is -1.12. The third-order valence-electron chi connectivity index (χ3n) is 2.53. The molecule has 0 aliphatic rings. The van der Waals surface area contributed by atoms with Gasteiger partial charge in [-0.2, -0.15) is 5.10 Å². The minimum absolute atomic E-state index is 0.0227. The second-order valence-electron chi connectivity index (χ2n) is 3.84. The highest BCUT2D eigenvalue weighted by Crippen LogP contribution is 2.18. The zero-order valence-corrected chi connectivity index (χ0v) is 10.2. The summed E-state index contributed by atoms with van der Waals surface area (Å²) < 4.78 is 27.9. The van der Waals surface area contributed by atoms with E-state index >= 15 is 0 Å². The number of nitrogens with one attached hydrogen (secondary N) is 1. The van der Waals surface area contributed by atoms with Crippen molar-refractivity contribution in [1.82, 2.24) is 9.78 Å². The Kier molecular flexibility index (Phi) is 3.46. The topological polar surface area (TPSA) is 72.9 Å². The van der Waals surface area contributed by atoms with Crippen LogP contribution in [-0.2, 0) is 6.54 Å². The van der Waals surface area contributed by atoms with E-state index in [0.29, 0.717) is 6.54 Å². The van der Waals surface area contributed by atoms with Gasteiger partial charge in [-0.1, -0.05) is 6.07 Å². The lowest BCUT2D eigenvalue weighted by atomic mass is 10.2. The van der Waals surface area contributed by atoms with Crippen LogP contribution in [0.2, 0.25) is 0 Å². The second kappa shape index (κ2) is 5.05. The van der Waals surface area contributed by atoms with Crippen molar-refractivity contribution < 1.29 is 13.6 Å². The van der Waals surface area contributed by atoms with Crippen LogP contribution in [0.3, 0.4) is 0 Å². The van der Waals surface area contributed by atoms with Crippen molar-refractivity contribution in [2.45, 2.75) is 13.5 Å². The molecule has 0 saturated heterocycles. The van der Waals surface area contributed by atoms with Crippen LogP contribution in [0.15, 0.2) is 24.4 Å². The summed E-state index contributed by atoms with van der Waals surface area (Å²) in [6, 6.07) is 3.51. The molecule has 19 heavy (non-hydrogen) atoms. The second-order valence-corrected chi connectivity index (χ2v) is 3.84. The molecule has 3 N–H and O–H groups in total. The number of rotatable bonds is 3. The Morgan fingerprint density at radius 2 is 2.21 bits per heavy atom. The molecule has 2 aromatic rings. The molecular weight excluding hydrogens is 254 g/mol. The summed E-state index contributed by atoms with van der Waals surface area (Å²) in [6.07, 6.45) is 1.50. The van der Waals surface area contributed by atoms with Gasteiger partial charge in [0, 0.05) is 12.7 Å². The normalized spacial score (nSPS) is 10.5. The van der Waals surface area contributed by atoms with E-state index in [0.717, 1.165) is 6.07 Å². The number of aromatic nitrogens is 2. The van der Waals surface area contributed by atoms with Gasteiger partial charge in [-0.15, -0.1) is 0 Å². The molecule has 1 heterocycles. The maximum absolute atomic E-state index is 13.4. The number of nitrogens with two attached hydrogens (primary N) is 1. The van der Waals surface area contributed by atoms with Crippen LogP contribution in [0.1, 0.15) is 17.4 Å². The fraction of sp³-hybridized carbons (Fsp3) is 0.167. The Morgan fingerprint density at radius 3 is 2.84 bits per heavy atom. The molecule has 0 aliphatic carbocycles. The first-order valence-electron chi connectivity index (χ1n) is 5.61. The van der Waals surface area contributed by atoms with Gasteiger partial charge in [-0.25, -0.2) is 8.78 Å². The van der Waals surface area contributed by atoms with Gasteiger partial charge >= 0.3 is 0 Å². The SMILES string of the molecule is CCn1cc(N)c(C(=O)Nc2cccc(F)c2F)n1. The Morgan fingerprint density at radius 1 is 1.47 bits per heavy atom. The highest BCUT2D eigenvalue weighted by atomic mass is 19.2. The van der Waals surface area contributed by atoms with Gasteiger partial charge in [-0.05, 0) is 19.1 Å². The maximum atomic E-state index is 13.4. The molecule has 0 unspecified atom stereocenters. The van der Waals surface area contributed by atoms with Gasteiger partial charge in [0.05, 0.1) is 11.4 Å². The van der Waals surface area contributed by atoms with Gasteiger partial charge in [0.25, 0.3) is 5.91 Å². The highest BCUT2D eigenvalue weighted by Gasteiger charge is 2.17. The van der Waals surface area contributed by atoms with Gasteiger partial charge in [0.2, 0.25) is 0 Å². The van der Waals surface area contributed by atoms with Crippen molar-refractivity contribution in [2.24, 2.45) is 0 Å². The van der Waals surface area contributed by atoms with Crippen LogP contribution in [0, 0.1) is 11.6 Å². The third kappa shape index (κ3) is 2.54. The molecule has 1 aromatic carbocycles. The quantitative estimate of drug-likeness (QED) is 0.892. The first-order chi connectivity index (χ1) is 9.02. The molecule has 2 rings (SSSR count). The van der Waals surface area contributed by atoms with Gasteiger partial charge in [0.1, 0.15) is 0 Å². The Bertz CT molecular complexity index is 624. The van der Waals surface area contributed by atoms with Gasteiger partial charge < -0.3 is 11.1 Å². The number of nitrogen functional groups attached to an aromatic ring is 1. The van der Waals surface area contributed by atoms with E-state index in [2.05, 4.69) is 10.4 Å². The molecule has 1 aromatic heterocycles. The van der Waals surface area contributed by atoms with Crippen molar-refractivity contribution in [1.29, 1.82) is 0 Å². The number of halogens is 2. The van der Waals surface area contributed by atoms with Crippen molar-refractivity contribution in [3.63, 3.8) is 0 Å². The predicted octanol–water partition coefficient (Wildman–Crippen LogP) is 2.02. The maximum Gasteiger partial charge on any atom is 0.278 e. The molecule has 5 nitrogen and oxygen atoms in total. The highest BCUT2D eigenvalue weighted by molar-refractivity contribution is 6.06. The first-order valence-corrected chi connectivity index (χ1v) is 5.61. The minimum Gasteiger partial charge on any atom is -0.396 e. The van der Waals surface area contributed by atoms with E-state index < -0.39 is 17.5 Å². The summed E-state index contributed by atoms with van der Waals surface area (Å²) in [5, 5.41) is 6.18. The Hall–Kier alpha value is -2.44. The molecule has 0 fully saturated rings. The van der Waals surface area contributed by atoms with E-state index in [1.54, 1.807) is 0 Å². The number of anilines is 2. The standard InChI is InChI=1S/C12H12F2N4O/c1-2-18-6-8(15)11(17-18)12(19)16-9-5-3-4-7(13)10(9)14/h3-6H,2,15H2,1H3,(H,16,19). The fourth-order valence-electron chi connectivity index (χ4n) is 1.56. The average Bonchev–Trinajstić information content (AvgIpc) is 2.76. The molecule has 0 bridgehead atoms. The van der Waals surface area contributed by atoms with Crippen LogP contribution in [0.4, 0.5) is 20.2 Å². The summed E-state index contributed by atoms with van der Waals surface area (Å²) >= 11 is 0. The summed E-state index contributed by atoms with van der Waals surface area (Å²) in [5.41, 5.74) is 5.53. The van der Waals surface area contributed by atoms with Gasteiger partial charge in [0.15, 0.2) is 17.3 Å². The molecule has 0 aliphatic heterocycles. The lowest BCUT2D eigenvalue weighted by molar-refractivity contribution is 0.102. The van der Waals surface area contributed by atoms with Crippen molar-refractivity contribution >= 4 is 17.3 Å². The predicted molar refractivity (Wildman–Crippen MR) is 66.6 cm³/mol. The Balaban J connectivity index is 2.25. The monoisotopic (exact) mass is 266 g/mol.